The van der Waals surface area contributed by atoms with Crippen molar-refractivity contribution in [2.75, 3.05) is 28.9 Å². The molecule has 0 saturated heterocycles. The number of alkyl halides is 2. The molecule has 9 aromatic rings. The first kappa shape index (κ1) is 83.9. The number of thioether (sulfide) groups is 1. The molecule has 0 radical (unpaired) electrons. The van der Waals surface area contributed by atoms with Crippen LogP contribution in [0.25, 0.3) is 43.6 Å². The first-order valence-electron chi connectivity index (χ1n) is 22.1. The number of sulfone groups is 1. The Bertz CT molecular complexity index is 2780. The Hall–Kier alpha value is 0.0644. The maximum atomic E-state index is 11.2. The molecule has 5 aromatic carbocycles. The number of nitrogens with two attached hydrogens (primary N) is 1. The number of fused-ring (bicyclic) bond motifs is 4. The van der Waals surface area contributed by atoms with Gasteiger partial charge >= 0.3 is 124 Å². The molecule has 75 heavy (non-hydrogen) atoms. The summed E-state index contributed by atoms with van der Waals surface area (Å²) < 4.78 is 24.6. The molecule has 9 rings (SSSR count). The van der Waals surface area contributed by atoms with E-state index < -0.39 is 9.84 Å². The van der Waals surface area contributed by atoms with Gasteiger partial charge in [0.1, 0.15) is 5.03 Å². The van der Waals surface area contributed by atoms with Crippen molar-refractivity contribution in [3.8, 4) is 0 Å². The Labute approximate surface area is 565 Å². The minimum absolute atomic E-state index is 0. The quantitative estimate of drug-likeness (QED) is 0.0129. The van der Waals surface area contributed by atoms with Crippen LogP contribution in [-0.2, 0) is 27.4 Å². The number of H-pyrrole nitrogens is 4. The molecule has 0 fully saturated rings. The van der Waals surface area contributed by atoms with E-state index in [0.717, 1.165) is 59.4 Å². The van der Waals surface area contributed by atoms with E-state index in [1.54, 1.807) is 43.1 Å². The number of halogens is 5. The number of nitrogens with zero attached hydrogens (tertiary/aromatic N) is 5. The average molecular weight is 1700 g/mol. The van der Waals surface area contributed by atoms with Gasteiger partial charge in [-0.15, -0.1) is 17.1 Å². The van der Waals surface area contributed by atoms with Crippen molar-refractivity contribution in [2.24, 2.45) is 5.34 Å². The molecule has 0 atom stereocenters. The van der Waals surface area contributed by atoms with E-state index in [2.05, 4.69) is 212 Å². The second kappa shape index (κ2) is 54.6. The number of para-hydroxylation sites is 5. The van der Waals surface area contributed by atoms with Crippen molar-refractivity contribution >= 4 is 189 Å². The summed E-state index contributed by atoms with van der Waals surface area (Å²) >= 11 is 17.8. The Kier molecular flexibility index (Phi) is 61.1. The van der Waals surface area contributed by atoms with Crippen LogP contribution < -0.4 is 64.8 Å². The zero-order valence-corrected chi connectivity index (χ0v) is 63.7. The molecule has 4 heterocycles. The normalized spacial score (nSPS) is 9.17. The molecular formula is C50H69I5N10Na2O4S3V-. The zero-order chi connectivity index (χ0) is 56.2. The third-order valence-corrected chi connectivity index (χ3v) is 10.6. The molecule has 0 aliphatic heterocycles. The van der Waals surface area contributed by atoms with Crippen LogP contribution in [-0.4, -0.2) is 76.3 Å². The zero-order valence-electron chi connectivity index (χ0n) is 45.0. The number of hydrogen-bond donors (Lipinski definition) is 5. The average Bonchev–Trinajstić information content (AvgIpc) is 4.21. The third kappa shape index (κ3) is 40.8. The van der Waals surface area contributed by atoms with Crippen LogP contribution in [0, 0.1) is 30.9 Å². The summed E-state index contributed by atoms with van der Waals surface area (Å²) in [6.45, 7) is 19.7. The molecule has 0 bridgehead atoms. The van der Waals surface area contributed by atoms with E-state index in [1.165, 1.54) is 28.0 Å². The molecule has 0 aliphatic carbocycles. The summed E-state index contributed by atoms with van der Waals surface area (Å²) in [5.41, 5.74) is 12.6. The number of aromatic amines is 4. The Balaban J connectivity index is -0.000000248. The fourth-order valence-corrected chi connectivity index (χ4v) is 6.19. The molecule has 0 amide bonds. The Morgan fingerprint density at radius 2 is 1.13 bits per heavy atom. The van der Waals surface area contributed by atoms with Gasteiger partial charge in [0, 0.05) is 43.1 Å². The molecule has 4 aromatic heterocycles. The van der Waals surface area contributed by atoms with Gasteiger partial charge in [-0.3, -0.25) is 20.4 Å². The van der Waals surface area contributed by atoms with Crippen molar-refractivity contribution in [3.05, 3.63) is 156 Å². The molecule has 14 nitrogen and oxygen atoms in total. The topological polar surface area (TPSA) is 227 Å². The molecule has 0 unspecified atom stereocenters. The second-order valence-corrected chi connectivity index (χ2v) is 55.7. The molecule has 0 saturated carbocycles. The summed E-state index contributed by atoms with van der Waals surface area (Å²) in [5.74, 6) is 0. The monoisotopic (exact) mass is 1700 g/mol. The predicted octanol–water partition coefficient (Wildman–Crippen LogP) is 11.3. The van der Waals surface area contributed by atoms with Crippen LogP contribution in [0.5, 0.6) is 0 Å². The van der Waals surface area contributed by atoms with Gasteiger partial charge < -0.3 is 35.4 Å². The van der Waals surface area contributed by atoms with Gasteiger partial charge in [-0.05, 0) is 72.9 Å². The fraction of sp³-hybridized carbons (Fsp3) is 0.300. The van der Waals surface area contributed by atoms with Gasteiger partial charge in [-0.2, -0.15) is 33.6 Å². The number of benzene rings is 5. The second-order valence-electron chi connectivity index (χ2n) is 14.0. The van der Waals surface area contributed by atoms with Gasteiger partial charge in [0.2, 0.25) is 0 Å². The summed E-state index contributed by atoms with van der Waals surface area (Å²) in [6, 6.07) is 39.1. The smallest absolute Gasteiger partial charge is 0.278 e. The van der Waals surface area contributed by atoms with E-state index in [4.69, 9.17) is 15.8 Å². The maximum Gasteiger partial charge on any atom is 1.00 e. The van der Waals surface area contributed by atoms with Crippen LogP contribution >= 0.6 is 117 Å². The molecule has 0 spiro atoms. The van der Waals surface area contributed by atoms with Gasteiger partial charge in [0.25, 0.3) is 0 Å². The number of nitrogen functional groups attached to an aromatic ring is 1. The van der Waals surface area contributed by atoms with Gasteiger partial charge in [-0.1, -0.05) is 171 Å². The molecule has 404 valence electrons. The number of hydrogen-bond acceptors (Lipinski definition) is 12. The summed E-state index contributed by atoms with van der Waals surface area (Å²) in [6.07, 6.45) is 9.14. The van der Waals surface area contributed by atoms with Crippen LogP contribution in [0.4, 0.5) is 5.69 Å². The van der Waals surface area contributed by atoms with E-state index in [-0.39, 0.29) is 69.1 Å². The van der Waals surface area contributed by atoms with Gasteiger partial charge in [0.15, 0.2) is 14.9 Å². The van der Waals surface area contributed by atoms with E-state index >= 15 is 0 Å². The molecule has 6 N–H and O–H groups in total. The number of rotatable bonds is 3. The van der Waals surface area contributed by atoms with E-state index in [0.29, 0.717) is 10.9 Å². The Morgan fingerprint density at radius 3 is 1.56 bits per heavy atom. The minimum atomic E-state index is -3.20. The maximum absolute atomic E-state index is 11.2. The van der Waals surface area contributed by atoms with E-state index in [9.17, 15) is 8.42 Å². The van der Waals surface area contributed by atoms with Gasteiger partial charge in [-0.25, -0.2) is 8.42 Å². The molecular weight excluding hydrogens is 1630 g/mol. The number of aryl methyl sites for hydroxylation is 2. The van der Waals surface area contributed by atoms with Crippen molar-refractivity contribution < 1.29 is 72.5 Å². The standard InChI is InChI=1S/C8H8N2O2S.C8H8N2S.C8H8N2.C7H6N2.C7H9N.2C3H7I.C3H8.C2H5.CH4S.3HI.HNO2.2Na.V/c1-13(11,12)8-6-4-2-3-5-7(6)9-10-8;1-11-8-6-4-2-3-5-7(6)9-10-8;1-6-7-4-2-3-5-8(7)10-9-6;1-2-4-7-6(3-1)5-8-9-7;1-6-4-2-3-5-7(6)8;1-3(2)4;1-2-3-4;1-3-2;2*1-2;;;;2-1-3;;;/h2-5H,1H3,(H,9,10);2-5H,1H3,(H,9,10);2-5H,1H3,(H,9,10);1-5H,(H,8,9);2-5H,8H2,1H3;3H,1-2H3;2-3H2,1H3;3H2,1-2H3;1H2,2H3;2H,1H3;3*1H;(H,2,3);;;/q;;;;;;;;-1;;;;;;2*+1;+3/p-5. The Morgan fingerprint density at radius 1 is 0.733 bits per heavy atom. The van der Waals surface area contributed by atoms with Crippen molar-refractivity contribution in [1.82, 2.24) is 40.8 Å². The summed E-state index contributed by atoms with van der Waals surface area (Å²) in [4.78, 5) is 7.72. The summed E-state index contributed by atoms with van der Waals surface area (Å²) in [5, 5.41) is 41.8. The number of nitrogens with one attached hydrogen (secondary N) is 4. The van der Waals surface area contributed by atoms with Crippen molar-refractivity contribution in [2.45, 2.75) is 82.2 Å². The SMILES string of the molecule is CC(C)I.CCC.CCCI.CS(=O)(=O)c1[nH]nc2ccccc12.CSc1n[nH]c2ccccc12.C[S-].Cc1[nH]nc2ccccc12.Cc1ccccc1N.O=N[O-].[CH2-]C.[I][V]([I])[I].[Na+].[Na+].c1ccc2[nH]ncc2c1. The van der Waals surface area contributed by atoms with Crippen LogP contribution in [0.1, 0.15) is 65.6 Å². The first-order valence-corrected chi connectivity index (χ1v) is 42.3. The number of anilines is 1. The third-order valence-electron chi connectivity index (χ3n) is 7.81. The van der Waals surface area contributed by atoms with Crippen molar-refractivity contribution in [3.63, 3.8) is 0 Å². The van der Waals surface area contributed by atoms with Gasteiger partial charge in [0.05, 0.1) is 28.3 Å². The molecule has 0 aliphatic rings. The minimum Gasteiger partial charge on any atom is -0.278 e. The van der Waals surface area contributed by atoms with Crippen molar-refractivity contribution in [1.29, 1.82) is 0 Å². The van der Waals surface area contributed by atoms with Crippen LogP contribution in [0.2, 0.25) is 0 Å². The summed E-state index contributed by atoms with van der Waals surface area (Å²) in [7, 11) is -3.20. The predicted molar refractivity (Wildman–Crippen MR) is 359 cm³/mol. The fourth-order valence-electron chi connectivity index (χ4n) is 4.87. The number of aromatic nitrogens is 8. The van der Waals surface area contributed by atoms with Crippen LogP contribution in [0.15, 0.2) is 143 Å². The van der Waals surface area contributed by atoms with Crippen LogP contribution in [0.3, 0.4) is 0 Å². The van der Waals surface area contributed by atoms with E-state index in [1.807, 2.05) is 117 Å². The largest absolute Gasteiger partial charge is 1.00 e. The first-order chi connectivity index (χ1) is 34.9. The molecule has 25 heteroatoms.